The Balaban J connectivity index is 2.23. The summed E-state index contributed by atoms with van der Waals surface area (Å²) in [5.74, 6) is -0.565. The monoisotopic (exact) mass is 339 g/mol. The van der Waals surface area contributed by atoms with Gasteiger partial charge in [-0.15, -0.1) is 0 Å². The zero-order valence-corrected chi connectivity index (χ0v) is 11.8. The van der Waals surface area contributed by atoms with Gasteiger partial charge in [0.2, 0.25) is 0 Å². The van der Waals surface area contributed by atoms with Gasteiger partial charge in [-0.3, -0.25) is 9.48 Å². The maximum absolute atomic E-state index is 12.8. The summed E-state index contributed by atoms with van der Waals surface area (Å²) in [7, 11) is 1.17. The van der Waals surface area contributed by atoms with Crippen LogP contribution in [-0.2, 0) is 13.2 Å². The lowest BCUT2D eigenvalue weighted by molar-refractivity contribution is -0.144. The highest BCUT2D eigenvalue weighted by Crippen LogP contribution is 2.36. The highest BCUT2D eigenvalue weighted by molar-refractivity contribution is 9.10. The van der Waals surface area contributed by atoms with Crippen molar-refractivity contribution in [2.24, 2.45) is 7.05 Å². The lowest BCUT2D eigenvalue weighted by Gasteiger charge is -2.10. The molecule has 0 aliphatic heterocycles. The van der Waals surface area contributed by atoms with Gasteiger partial charge in [0, 0.05) is 13.1 Å². The number of carbonyl (C=O) groups excluding carboxylic acids is 1. The number of halogens is 4. The second-order valence-electron chi connectivity index (χ2n) is 4.59. The molecule has 1 aromatic heterocycles. The Labute approximate surface area is 116 Å². The van der Waals surface area contributed by atoms with Gasteiger partial charge in [0.1, 0.15) is 0 Å². The standard InChI is InChI=1S/C11H13BrF3N3O/c1-18-9(11(13,14)15)7(12)8(17-18)10(19)16-6-4-2-3-5-6/h6H,2-5H2,1H3,(H,16,19). The van der Waals surface area contributed by atoms with Crippen LogP contribution in [0.4, 0.5) is 13.2 Å². The van der Waals surface area contributed by atoms with Crippen LogP contribution in [0.15, 0.2) is 4.47 Å². The lowest BCUT2D eigenvalue weighted by Crippen LogP contribution is -2.33. The Bertz CT molecular complexity index is 492. The highest BCUT2D eigenvalue weighted by Gasteiger charge is 2.39. The summed E-state index contributed by atoms with van der Waals surface area (Å²) in [6, 6.07) is 0.0377. The van der Waals surface area contributed by atoms with Crippen molar-refractivity contribution in [3.8, 4) is 0 Å². The van der Waals surface area contributed by atoms with Crippen molar-refractivity contribution in [1.82, 2.24) is 15.1 Å². The summed E-state index contributed by atoms with van der Waals surface area (Å²) in [4.78, 5) is 11.9. The Morgan fingerprint density at radius 1 is 1.42 bits per heavy atom. The molecule has 2 rings (SSSR count). The summed E-state index contributed by atoms with van der Waals surface area (Å²) >= 11 is 2.82. The fourth-order valence-electron chi connectivity index (χ4n) is 2.28. The minimum Gasteiger partial charge on any atom is -0.348 e. The van der Waals surface area contributed by atoms with Crippen LogP contribution in [0.5, 0.6) is 0 Å². The fourth-order valence-corrected chi connectivity index (χ4v) is 3.02. The Morgan fingerprint density at radius 2 is 2.00 bits per heavy atom. The molecule has 0 bridgehead atoms. The number of aryl methyl sites for hydroxylation is 1. The molecule has 0 aromatic carbocycles. The quantitative estimate of drug-likeness (QED) is 0.900. The predicted molar refractivity (Wildman–Crippen MR) is 65.6 cm³/mol. The molecule has 106 valence electrons. The zero-order chi connectivity index (χ0) is 14.2. The largest absolute Gasteiger partial charge is 0.434 e. The Hall–Kier alpha value is -1.05. The summed E-state index contributed by atoms with van der Waals surface area (Å²) < 4.78 is 38.7. The lowest BCUT2D eigenvalue weighted by atomic mass is 10.2. The molecular weight excluding hydrogens is 327 g/mol. The van der Waals surface area contributed by atoms with Crippen LogP contribution in [0.3, 0.4) is 0 Å². The van der Waals surface area contributed by atoms with Crippen molar-refractivity contribution in [1.29, 1.82) is 0 Å². The minimum absolute atomic E-state index is 0.0377. The van der Waals surface area contributed by atoms with Crippen molar-refractivity contribution >= 4 is 21.8 Å². The van der Waals surface area contributed by atoms with E-state index in [1.165, 1.54) is 7.05 Å². The van der Waals surface area contributed by atoms with Gasteiger partial charge in [-0.2, -0.15) is 18.3 Å². The first-order chi connectivity index (χ1) is 8.80. The molecule has 19 heavy (non-hydrogen) atoms. The van der Waals surface area contributed by atoms with Gasteiger partial charge < -0.3 is 5.32 Å². The molecular formula is C11H13BrF3N3O. The number of hydrogen-bond donors (Lipinski definition) is 1. The number of hydrogen-bond acceptors (Lipinski definition) is 2. The van der Waals surface area contributed by atoms with Crippen molar-refractivity contribution < 1.29 is 18.0 Å². The summed E-state index contributed by atoms with van der Waals surface area (Å²) in [6.07, 6.45) is -0.763. The van der Waals surface area contributed by atoms with Gasteiger partial charge in [-0.05, 0) is 28.8 Å². The molecule has 1 amide bonds. The molecule has 1 heterocycles. The number of amides is 1. The van der Waals surface area contributed by atoms with Gasteiger partial charge >= 0.3 is 6.18 Å². The van der Waals surface area contributed by atoms with Crippen molar-refractivity contribution in [2.75, 3.05) is 0 Å². The van der Waals surface area contributed by atoms with E-state index < -0.39 is 17.8 Å². The first kappa shape index (κ1) is 14.4. The van der Waals surface area contributed by atoms with Crippen molar-refractivity contribution in [2.45, 2.75) is 37.9 Å². The van der Waals surface area contributed by atoms with Gasteiger partial charge in [0.05, 0.1) is 4.47 Å². The van der Waals surface area contributed by atoms with Crippen molar-refractivity contribution in [3.05, 3.63) is 15.9 Å². The van der Waals surface area contributed by atoms with E-state index in [2.05, 4.69) is 26.3 Å². The van der Waals surface area contributed by atoms with E-state index >= 15 is 0 Å². The smallest absolute Gasteiger partial charge is 0.348 e. The molecule has 1 aliphatic rings. The predicted octanol–water partition coefficient (Wildman–Crippen LogP) is 2.87. The molecule has 4 nitrogen and oxygen atoms in total. The zero-order valence-electron chi connectivity index (χ0n) is 10.2. The first-order valence-corrected chi connectivity index (χ1v) is 6.70. The van der Waals surface area contributed by atoms with Gasteiger partial charge in [-0.1, -0.05) is 12.8 Å². The number of rotatable bonds is 2. The van der Waals surface area contributed by atoms with Crippen LogP contribution < -0.4 is 5.32 Å². The summed E-state index contributed by atoms with van der Waals surface area (Å²) in [5, 5.41) is 6.37. The number of nitrogens with one attached hydrogen (secondary N) is 1. The van der Waals surface area contributed by atoms with Crippen LogP contribution in [0.2, 0.25) is 0 Å². The third kappa shape index (κ3) is 2.93. The van der Waals surface area contributed by atoms with E-state index in [4.69, 9.17) is 0 Å². The molecule has 0 atom stereocenters. The van der Waals surface area contributed by atoms with Gasteiger partial charge in [-0.25, -0.2) is 0 Å². The van der Waals surface area contributed by atoms with E-state index in [0.29, 0.717) is 4.68 Å². The number of carbonyl (C=O) groups is 1. The van der Waals surface area contributed by atoms with Crippen LogP contribution in [-0.4, -0.2) is 21.7 Å². The number of aromatic nitrogens is 2. The van der Waals surface area contributed by atoms with Crippen LogP contribution >= 0.6 is 15.9 Å². The second-order valence-corrected chi connectivity index (χ2v) is 5.38. The Morgan fingerprint density at radius 3 is 2.47 bits per heavy atom. The third-order valence-electron chi connectivity index (χ3n) is 3.16. The average molecular weight is 340 g/mol. The molecule has 0 saturated heterocycles. The third-order valence-corrected chi connectivity index (χ3v) is 3.91. The van der Waals surface area contributed by atoms with Crippen molar-refractivity contribution in [3.63, 3.8) is 0 Å². The van der Waals surface area contributed by atoms with Gasteiger partial charge in [0.15, 0.2) is 11.4 Å². The maximum Gasteiger partial charge on any atom is 0.434 e. The van der Waals surface area contributed by atoms with Crippen LogP contribution in [0.25, 0.3) is 0 Å². The second kappa shape index (κ2) is 5.15. The summed E-state index contributed by atoms with van der Waals surface area (Å²) in [6.45, 7) is 0. The van der Waals surface area contributed by atoms with Gasteiger partial charge in [0.25, 0.3) is 5.91 Å². The normalized spacial score (nSPS) is 16.9. The van der Waals surface area contributed by atoms with Crippen LogP contribution in [0, 0.1) is 0 Å². The molecule has 0 unspecified atom stereocenters. The molecule has 8 heteroatoms. The molecule has 1 N–H and O–H groups in total. The summed E-state index contributed by atoms with van der Waals surface area (Å²) in [5.41, 5.74) is -1.18. The van der Waals surface area contributed by atoms with E-state index in [1.807, 2.05) is 0 Å². The number of nitrogens with zero attached hydrogens (tertiary/aromatic N) is 2. The SMILES string of the molecule is Cn1nc(C(=O)NC2CCCC2)c(Br)c1C(F)(F)F. The molecule has 0 radical (unpaired) electrons. The molecule has 1 fully saturated rings. The Kier molecular flexibility index (Phi) is 3.89. The first-order valence-electron chi connectivity index (χ1n) is 5.91. The highest BCUT2D eigenvalue weighted by atomic mass is 79.9. The van der Waals surface area contributed by atoms with Crippen LogP contribution in [0.1, 0.15) is 41.9 Å². The number of alkyl halides is 3. The molecule has 1 saturated carbocycles. The topological polar surface area (TPSA) is 46.9 Å². The van der Waals surface area contributed by atoms with E-state index in [0.717, 1.165) is 25.7 Å². The maximum atomic E-state index is 12.8. The average Bonchev–Trinajstić information content (AvgIpc) is 2.85. The molecule has 1 aliphatic carbocycles. The van der Waals surface area contributed by atoms with E-state index in [9.17, 15) is 18.0 Å². The molecule has 0 spiro atoms. The van der Waals surface area contributed by atoms with E-state index in [1.54, 1.807) is 0 Å². The minimum atomic E-state index is -4.55. The fraction of sp³-hybridized carbons (Fsp3) is 0.636. The molecule has 1 aromatic rings. The van der Waals surface area contributed by atoms with E-state index in [-0.39, 0.29) is 16.2 Å².